The molecule has 0 aliphatic carbocycles. The Balaban J connectivity index is 1.63. The Morgan fingerprint density at radius 3 is 2.89 bits per heavy atom. The molecule has 1 aliphatic heterocycles. The van der Waals surface area contributed by atoms with E-state index in [-0.39, 0.29) is 0 Å². The highest BCUT2D eigenvalue weighted by molar-refractivity contribution is 14.1. The molecule has 4 heteroatoms. The first-order chi connectivity index (χ1) is 9.22. The predicted molar refractivity (Wildman–Crippen MR) is 92.4 cm³/mol. The van der Waals surface area contributed by atoms with Gasteiger partial charge >= 0.3 is 0 Å². The van der Waals surface area contributed by atoms with Crippen molar-refractivity contribution in [3.8, 4) is 0 Å². The summed E-state index contributed by atoms with van der Waals surface area (Å²) in [7, 11) is 0. The molecule has 0 radical (unpaired) electrons. The van der Waals surface area contributed by atoms with E-state index in [4.69, 9.17) is 11.6 Å². The van der Waals surface area contributed by atoms with Crippen LogP contribution in [0.25, 0.3) is 0 Å². The molecule has 1 unspecified atom stereocenters. The van der Waals surface area contributed by atoms with Crippen molar-refractivity contribution in [1.82, 2.24) is 0 Å². The van der Waals surface area contributed by atoms with Gasteiger partial charge in [0.05, 0.1) is 10.7 Å². The van der Waals surface area contributed by atoms with Crippen molar-refractivity contribution >= 4 is 51.6 Å². The summed E-state index contributed by atoms with van der Waals surface area (Å²) >= 11 is 10.5. The number of hydrogen-bond acceptors (Lipinski definition) is 2. The van der Waals surface area contributed by atoms with E-state index in [1.54, 1.807) is 0 Å². The van der Waals surface area contributed by atoms with Crippen LogP contribution >= 0.6 is 46.0 Å². The summed E-state index contributed by atoms with van der Waals surface area (Å²) in [6.07, 6.45) is 1.13. The van der Waals surface area contributed by atoms with E-state index in [9.17, 15) is 0 Å². The van der Waals surface area contributed by atoms with Gasteiger partial charge in [0, 0.05) is 20.3 Å². The summed E-state index contributed by atoms with van der Waals surface area (Å²) < 4.78 is 1.16. The Kier molecular flexibility index (Phi) is 4.24. The molecule has 1 nitrogen and oxygen atoms in total. The molecule has 1 N–H and O–H groups in total. The van der Waals surface area contributed by atoms with E-state index in [0.717, 1.165) is 27.2 Å². The quantitative estimate of drug-likeness (QED) is 0.720. The van der Waals surface area contributed by atoms with Crippen LogP contribution < -0.4 is 5.32 Å². The minimum absolute atomic E-state index is 0.591. The van der Waals surface area contributed by atoms with E-state index < -0.39 is 0 Å². The van der Waals surface area contributed by atoms with Crippen LogP contribution in [0.4, 0.5) is 5.69 Å². The van der Waals surface area contributed by atoms with Crippen molar-refractivity contribution in [3.05, 3.63) is 56.6 Å². The molecule has 0 amide bonds. The maximum atomic E-state index is 6.23. The largest absolute Gasteiger partial charge is 0.383 e. The van der Waals surface area contributed by atoms with Crippen molar-refractivity contribution in [2.75, 3.05) is 11.9 Å². The number of rotatable bonds is 3. The fourth-order valence-corrected chi connectivity index (χ4v) is 4.40. The first kappa shape index (κ1) is 13.6. The fraction of sp³-hybridized carbons (Fsp3) is 0.200. The zero-order valence-corrected chi connectivity index (χ0v) is 13.9. The van der Waals surface area contributed by atoms with Gasteiger partial charge in [-0.05, 0) is 58.8 Å². The lowest BCUT2D eigenvalue weighted by Crippen LogP contribution is -2.15. The lowest BCUT2D eigenvalue weighted by Gasteiger charge is -2.12. The second-order valence-electron chi connectivity index (χ2n) is 4.56. The zero-order chi connectivity index (χ0) is 13.2. The van der Waals surface area contributed by atoms with Gasteiger partial charge in [-0.15, -0.1) is 11.8 Å². The number of fused-ring (bicyclic) bond motifs is 1. The van der Waals surface area contributed by atoms with Crippen LogP contribution in [0.15, 0.2) is 47.4 Å². The lowest BCUT2D eigenvalue weighted by molar-refractivity contribution is 0.899. The van der Waals surface area contributed by atoms with Gasteiger partial charge in [0.1, 0.15) is 0 Å². The van der Waals surface area contributed by atoms with Gasteiger partial charge in [-0.3, -0.25) is 0 Å². The zero-order valence-electron chi connectivity index (χ0n) is 10.2. The van der Waals surface area contributed by atoms with Crippen LogP contribution in [-0.4, -0.2) is 11.8 Å². The van der Waals surface area contributed by atoms with E-state index in [2.05, 4.69) is 64.3 Å². The van der Waals surface area contributed by atoms with Crippen LogP contribution in [0.1, 0.15) is 5.56 Å². The van der Waals surface area contributed by atoms with Gasteiger partial charge < -0.3 is 5.32 Å². The van der Waals surface area contributed by atoms with Gasteiger partial charge in [0.25, 0.3) is 0 Å². The second kappa shape index (κ2) is 5.94. The van der Waals surface area contributed by atoms with Gasteiger partial charge in [-0.1, -0.05) is 29.8 Å². The lowest BCUT2D eigenvalue weighted by atomic mass is 10.1. The average Bonchev–Trinajstić information content (AvgIpc) is 2.80. The summed E-state index contributed by atoms with van der Waals surface area (Å²) in [6.45, 7) is 0.944. The van der Waals surface area contributed by atoms with E-state index in [1.807, 2.05) is 17.8 Å². The molecule has 0 bridgehead atoms. The smallest absolute Gasteiger partial charge is 0.0648 e. The Hall–Kier alpha value is -0.390. The highest BCUT2D eigenvalue weighted by Crippen LogP contribution is 2.37. The van der Waals surface area contributed by atoms with Crippen molar-refractivity contribution in [3.63, 3.8) is 0 Å². The predicted octanol–water partition coefficient (Wildman–Crippen LogP) is 5.07. The summed E-state index contributed by atoms with van der Waals surface area (Å²) in [4.78, 5) is 1.42. The highest BCUT2D eigenvalue weighted by atomic mass is 127. The Morgan fingerprint density at radius 1 is 1.26 bits per heavy atom. The number of anilines is 1. The van der Waals surface area contributed by atoms with E-state index in [0.29, 0.717) is 5.25 Å². The van der Waals surface area contributed by atoms with Crippen molar-refractivity contribution in [2.24, 2.45) is 0 Å². The number of thioether (sulfide) groups is 1. The molecule has 1 heterocycles. The topological polar surface area (TPSA) is 12.0 Å². The van der Waals surface area contributed by atoms with Gasteiger partial charge in [0.15, 0.2) is 0 Å². The maximum Gasteiger partial charge on any atom is 0.0648 e. The molecular formula is C15H13ClINS. The third-order valence-electron chi connectivity index (χ3n) is 3.17. The monoisotopic (exact) mass is 401 g/mol. The molecule has 19 heavy (non-hydrogen) atoms. The molecule has 0 spiro atoms. The molecule has 0 saturated heterocycles. The summed E-state index contributed by atoms with van der Waals surface area (Å²) in [5, 5.41) is 4.85. The SMILES string of the molecule is Clc1cc(I)ccc1NCC1Cc2ccccc2S1. The molecule has 0 fully saturated rings. The molecule has 1 aliphatic rings. The normalized spacial score (nSPS) is 17.3. The number of nitrogens with one attached hydrogen (secondary N) is 1. The first-order valence-electron chi connectivity index (χ1n) is 6.16. The molecule has 2 aromatic rings. The molecular weight excluding hydrogens is 389 g/mol. The minimum atomic E-state index is 0.591. The second-order valence-corrected chi connectivity index (χ2v) is 7.55. The van der Waals surface area contributed by atoms with Crippen molar-refractivity contribution in [2.45, 2.75) is 16.6 Å². The van der Waals surface area contributed by atoms with Crippen LogP contribution in [0.5, 0.6) is 0 Å². The number of halogens is 2. The number of hydrogen-bond donors (Lipinski definition) is 1. The molecule has 98 valence electrons. The molecule has 3 rings (SSSR count). The molecule has 0 aromatic heterocycles. The van der Waals surface area contributed by atoms with Crippen LogP contribution in [0.3, 0.4) is 0 Å². The highest BCUT2D eigenvalue weighted by Gasteiger charge is 2.21. The maximum absolute atomic E-state index is 6.23. The first-order valence-corrected chi connectivity index (χ1v) is 8.49. The van der Waals surface area contributed by atoms with Crippen LogP contribution in [0.2, 0.25) is 5.02 Å². The third kappa shape index (κ3) is 3.20. The fourth-order valence-electron chi connectivity index (χ4n) is 2.22. The molecule has 0 saturated carbocycles. The van der Waals surface area contributed by atoms with Crippen molar-refractivity contribution in [1.29, 1.82) is 0 Å². The summed E-state index contributed by atoms with van der Waals surface area (Å²) in [5.74, 6) is 0. The van der Waals surface area contributed by atoms with Crippen LogP contribution in [-0.2, 0) is 6.42 Å². The van der Waals surface area contributed by atoms with Crippen LogP contribution in [0, 0.1) is 3.57 Å². The minimum Gasteiger partial charge on any atom is -0.383 e. The summed E-state index contributed by atoms with van der Waals surface area (Å²) in [5.41, 5.74) is 2.49. The standard InChI is InChI=1S/C15H13ClINS/c16-13-8-11(17)5-6-14(13)18-9-12-7-10-3-1-2-4-15(10)19-12/h1-6,8,12,18H,7,9H2. The summed E-state index contributed by atoms with van der Waals surface area (Å²) in [6, 6.07) is 14.8. The Morgan fingerprint density at radius 2 is 2.11 bits per heavy atom. The Bertz CT molecular complexity index is 577. The average molecular weight is 402 g/mol. The van der Waals surface area contributed by atoms with Gasteiger partial charge in [-0.25, -0.2) is 0 Å². The molecule has 1 atom stereocenters. The van der Waals surface area contributed by atoms with Gasteiger partial charge in [-0.2, -0.15) is 0 Å². The third-order valence-corrected chi connectivity index (χ3v) is 5.47. The van der Waals surface area contributed by atoms with Gasteiger partial charge in [0.2, 0.25) is 0 Å². The van der Waals surface area contributed by atoms with Crippen molar-refractivity contribution < 1.29 is 0 Å². The number of benzene rings is 2. The van der Waals surface area contributed by atoms with E-state index in [1.165, 1.54) is 10.5 Å². The Labute approximate surface area is 136 Å². The van der Waals surface area contributed by atoms with E-state index >= 15 is 0 Å². The molecule has 2 aromatic carbocycles.